The SMILES string of the molecule is CCC(CC)N(CCBr)C(=O)c1ccccc1Br. The van der Waals surface area contributed by atoms with Gasteiger partial charge in [0.15, 0.2) is 0 Å². The van der Waals surface area contributed by atoms with Gasteiger partial charge in [-0.05, 0) is 40.9 Å². The van der Waals surface area contributed by atoms with Crippen LogP contribution in [0.4, 0.5) is 0 Å². The molecule has 1 aromatic carbocycles. The summed E-state index contributed by atoms with van der Waals surface area (Å²) < 4.78 is 0.862. The molecule has 0 radical (unpaired) electrons. The number of alkyl halides is 1. The summed E-state index contributed by atoms with van der Waals surface area (Å²) in [6.45, 7) is 5.00. The minimum atomic E-state index is 0.107. The molecular formula is C14H19Br2NO. The zero-order chi connectivity index (χ0) is 13.5. The maximum atomic E-state index is 12.6. The Labute approximate surface area is 126 Å². The van der Waals surface area contributed by atoms with E-state index in [0.717, 1.165) is 34.8 Å². The number of amides is 1. The number of rotatable bonds is 6. The molecule has 0 saturated heterocycles. The molecule has 0 heterocycles. The Bertz CT molecular complexity index is 391. The van der Waals surface area contributed by atoms with Gasteiger partial charge < -0.3 is 4.90 Å². The fourth-order valence-corrected chi connectivity index (χ4v) is 2.90. The molecule has 0 unspecified atom stereocenters. The molecule has 0 fully saturated rings. The van der Waals surface area contributed by atoms with Crippen LogP contribution in [0.3, 0.4) is 0 Å². The number of benzene rings is 1. The lowest BCUT2D eigenvalue weighted by molar-refractivity contribution is 0.0682. The third kappa shape index (κ3) is 3.82. The van der Waals surface area contributed by atoms with Crippen LogP contribution >= 0.6 is 31.9 Å². The molecule has 1 amide bonds. The van der Waals surface area contributed by atoms with Gasteiger partial charge in [0.25, 0.3) is 5.91 Å². The average molecular weight is 377 g/mol. The van der Waals surface area contributed by atoms with E-state index in [1.54, 1.807) is 0 Å². The van der Waals surface area contributed by atoms with Gasteiger partial charge in [0.2, 0.25) is 0 Å². The molecule has 0 aromatic heterocycles. The van der Waals surface area contributed by atoms with Crippen molar-refractivity contribution in [1.82, 2.24) is 4.90 Å². The van der Waals surface area contributed by atoms with Gasteiger partial charge in [-0.25, -0.2) is 0 Å². The van der Waals surface area contributed by atoms with Crippen molar-refractivity contribution in [2.45, 2.75) is 32.7 Å². The van der Waals surface area contributed by atoms with E-state index >= 15 is 0 Å². The monoisotopic (exact) mass is 375 g/mol. The minimum Gasteiger partial charge on any atom is -0.335 e. The van der Waals surface area contributed by atoms with E-state index in [1.165, 1.54) is 0 Å². The highest BCUT2D eigenvalue weighted by Crippen LogP contribution is 2.20. The van der Waals surface area contributed by atoms with E-state index in [2.05, 4.69) is 45.7 Å². The smallest absolute Gasteiger partial charge is 0.255 e. The van der Waals surface area contributed by atoms with Gasteiger partial charge in [-0.3, -0.25) is 4.79 Å². The number of nitrogens with zero attached hydrogens (tertiary/aromatic N) is 1. The van der Waals surface area contributed by atoms with E-state index in [0.29, 0.717) is 6.04 Å². The van der Waals surface area contributed by atoms with Gasteiger partial charge in [-0.1, -0.05) is 41.9 Å². The van der Waals surface area contributed by atoms with Crippen molar-refractivity contribution in [1.29, 1.82) is 0 Å². The van der Waals surface area contributed by atoms with Gasteiger partial charge in [-0.2, -0.15) is 0 Å². The molecule has 0 N–H and O–H groups in total. The van der Waals surface area contributed by atoms with Gasteiger partial charge in [0, 0.05) is 22.4 Å². The van der Waals surface area contributed by atoms with Crippen LogP contribution in [0.5, 0.6) is 0 Å². The zero-order valence-corrected chi connectivity index (χ0v) is 14.0. The summed E-state index contributed by atoms with van der Waals surface area (Å²) in [6, 6.07) is 7.91. The molecule has 0 aliphatic heterocycles. The maximum Gasteiger partial charge on any atom is 0.255 e. The molecule has 0 aliphatic rings. The largest absolute Gasteiger partial charge is 0.335 e. The Morgan fingerprint density at radius 3 is 2.39 bits per heavy atom. The molecule has 0 aliphatic carbocycles. The Morgan fingerprint density at radius 1 is 1.28 bits per heavy atom. The Kier molecular flexibility index (Phi) is 6.94. The van der Waals surface area contributed by atoms with Crippen molar-refractivity contribution < 1.29 is 4.79 Å². The van der Waals surface area contributed by atoms with Crippen LogP contribution in [0.2, 0.25) is 0 Å². The van der Waals surface area contributed by atoms with E-state index in [1.807, 2.05) is 29.2 Å². The summed E-state index contributed by atoms with van der Waals surface area (Å²) in [5.74, 6) is 0.107. The second kappa shape index (κ2) is 7.95. The zero-order valence-electron chi connectivity index (χ0n) is 10.8. The summed E-state index contributed by atoms with van der Waals surface area (Å²) in [6.07, 6.45) is 1.97. The molecule has 100 valence electrons. The first-order chi connectivity index (χ1) is 8.65. The van der Waals surface area contributed by atoms with Gasteiger partial charge in [0.1, 0.15) is 0 Å². The predicted molar refractivity (Wildman–Crippen MR) is 83.3 cm³/mol. The van der Waals surface area contributed by atoms with Crippen LogP contribution in [-0.4, -0.2) is 28.7 Å². The molecule has 0 bridgehead atoms. The molecule has 4 heteroatoms. The van der Waals surface area contributed by atoms with Crippen LogP contribution in [0.1, 0.15) is 37.0 Å². The van der Waals surface area contributed by atoms with E-state index in [-0.39, 0.29) is 5.91 Å². The standard InChI is InChI=1S/C14H19Br2NO/c1-3-11(4-2)17(10-9-15)14(18)12-7-5-6-8-13(12)16/h5-8,11H,3-4,9-10H2,1-2H3. The predicted octanol–water partition coefficient (Wildman–Crippen LogP) is 4.47. The third-order valence-electron chi connectivity index (χ3n) is 3.07. The summed E-state index contributed by atoms with van der Waals surface area (Å²) >= 11 is 6.88. The molecular weight excluding hydrogens is 358 g/mol. The van der Waals surface area contributed by atoms with Crippen molar-refractivity contribution in [3.8, 4) is 0 Å². The van der Waals surface area contributed by atoms with Crippen molar-refractivity contribution >= 4 is 37.8 Å². The molecule has 2 nitrogen and oxygen atoms in total. The molecule has 0 spiro atoms. The van der Waals surface area contributed by atoms with Crippen molar-refractivity contribution in [3.05, 3.63) is 34.3 Å². The molecule has 1 rings (SSSR count). The van der Waals surface area contributed by atoms with Crippen LogP contribution in [-0.2, 0) is 0 Å². The number of hydrogen-bond acceptors (Lipinski definition) is 1. The lowest BCUT2D eigenvalue weighted by atomic mass is 10.1. The Hall–Kier alpha value is -0.350. The fraction of sp³-hybridized carbons (Fsp3) is 0.500. The van der Waals surface area contributed by atoms with Crippen molar-refractivity contribution in [2.24, 2.45) is 0 Å². The molecule has 18 heavy (non-hydrogen) atoms. The number of halogens is 2. The molecule has 1 aromatic rings. The minimum absolute atomic E-state index is 0.107. The third-order valence-corrected chi connectivity index (χ3v) is 4.12. The van der Waals surface area contributed by atoms with E-state index in [4.69, 9.17) is 0 Å². The summed E-state index contributed by atoms with van der Waals surface area (Å²) in [4.78, 5) is 14.6. The van der Waals surface area contributed by atoms with Crippen LogP contribution < -0.4 is 0 Å². The first-order valence-corrected chi connectivity index (χ1v) is 8.18. The number of hydrogen-bond donors (Lipinski definition) is 0. The maximum absolute atomic E-state index is 12.6. The highest BCUT2D eigenvalue weighted by Gasteiger charge is 2.22. The van der Waals surface area contributed by atoms with Crippen LogP contribution in [0, 0.1) is 0 Å². The first kappa shape index (κ1) is 15.7. The van der Waals surface area contributed by atoms with Crippen LogP contribution in [0.15, 0.2) is 28.7 Å². The summed E-state index contributed by atoms with van der Waals surface area (Å²) in [7, 11) is 0. The lowest BCUT2D eigenvalue weighted by Crippen LogP contribution is -2.41. The fourth-order valence-electron chi connectivity index (χ4n) is 2.06. The topological polar surface area (TPSA) is 20.3 Å². The normalized spacial score (nSPS) is 10.7. The van der Waals surface area contributed by atoms with Gasteiger partial charge in [0.05, 0.1) is 5.56 Å². The summed E-state index contributed by atoms with van der Waals surface area (Å²) in [5.41, 5.74) is 0.741. The number of carbonyl (C=O) groups is 1. The van der Waals surface area contributed by atoms with Gasteiger partial charge in [-0.15, -0.1) is 0 Å². The summed E-state index contributed by atoms with van der Waals surface area (Å²) in [5, 5.41) is 0.805. The quantitative estimate of drug-likeness (QED) is 0.670. The molecule has 0 atom stereocenters. The highest BCUT2D eigenvalue weighted by molar-refractivity contribution is 9.10. The van der Waals surface area contributed by atoms with Crippen molar-refractivity contribution in [3.63, 3.8) is 0 Å². The second-order valence-corrected chi connectivity index (χ2v) is 5.79. The van der Waals surface area contributed by atoms with E-state index < -0.39 is 0 Å². The van der Waals surface area contributed by atoms with Crippen LogP contribution in [0.25, 0.3) is 0 Å². The second-order valence-electron chi connectivity index (χ2n) is 4.14. The average Bonchev–Trinajstić information content (AvgIpc) is 2.39. The number of carbonyl (C=O) groups excluding carboxylic acids is 1. The molecule has 0 saturated carbocycles. The van der Waals surface area contributed by atoms with Crippen molar-refractivity contribution in [2.75, 3.05) is 11.9 Å². The lowest BCUT2D eigenvalue weighted by Gasteiger charge is -2.30. The first-order valence-electron chi connectivity index (χ1n) is 6.27. The van der Waals surface area contributed by atoms with Gasteiger partial charge >= 0.3 is 0 Å². The Morgan fingerprint density at radius 2 is 1.89 bits per heavy atom. The Balaban J connectivity index is 2.99. The van der Waals surface area contributed by atoms with E-state index in [9.17, 15) is 4.79 Å². The highest BCUT2D eigenvalue weighted by atomic mass is 79.9.